The van der Waals surface area contributed by atoms with E-state index in [1.165, 1.54) is 0 Å². The number of amidine groups is 1. The number of aromatic nitrogens is 2. The number of hydrogen-bond acceptors (Lipinski definition) is 6. The molecule has 2 amide bonds. The van der Waals surface area contributed by atoms with Crippen molar-refractivity contribution >= 4 is 41.4 Å². The van der Waals surface area contributed by atoms with Crippen molar-refractivity contribution in [1.82, 2.24) is 24.3 Å². The first kappa shape index (κ1) is 35.5. The fourth-order valence-corrected chi connectivity index (χ4v) is 7.48. The quantitative estimate of drug-likeness (QED) is 0.180. The predicted octanol–water partition coefficient (Wildman–Crippen LogP) is 7.26. The van der Waals surface area contributed by atoms with Crippen molar-refractivity contribution in [2.45, 2.75) is 64.2 Å². The van der Waals surface area contributed by atoms with E-state index in [9.17, 15) is 9.59 Å². The monoisotopic (exact) mass is 714 g/mol. The van der Waals surface area contributed by atoms with E-state index in [1.807, 2.05) is 103 Å². The molecule has 9 nitrogen and oxygen atoms in total. The van der Waals surface area contributed by atoms with Crippen LogP contribution in [-0.4, -0.2) is 74.8 Å². The molecule has 1 fully saturated rings. The third-order valence-electron chi connectivity index (χ3n) is 10.2. The van der Waals surface area contributed by atoms with Crippen LogP contribution in [0.1, 0.15) is 74.4 Å². The highest BCUT2D eigenvalue weighted by Crippen LogP contribution is 2.55. The lowest BCUT2D eigenvalue weighted by Crippen LogP contribution is -2.67. The molecule has 4 heterocycles. The van der Waals surface area contributed by atoms with Gasteiger partial charge < -0.3 is 24.0 Å². The number of nitrogens with zero attached hydrogens (tertiary/aromatic N) is 6. The molecule has 0 bridgehead atoms. The second-order valence-corrected chi connectivity index (χ2v) is 15.2. The molecule has 4 aromatic rings. The number of hydrogen-bond donors (Lipinski definition) is 0. The van der Waals surface area contributed by atoms with Crippen molar-refractivity contribution in [3.8, 4) is 5.75 Å². The molecular weight excluding hydrogens is 671 g/mol. The molecule has 262 valence electrons. The summed E-state index contributed by atoms with van der Waals surface area (Å²) in [5.74, 6) is 1.09. The second kappa shape index (κ2) is 13.4. The van der Waals surface area contributed by atoms with Crippen LogP contribution in [0.3, 0.4) is 0 Å². The summed E-state index contributed by atoms with van der Waals surface area (Å²) < 4.78 is 8.18. The number of rotatable bonds is 8. The molecule has 0 aliphatic carbocycles. The van der Waals surface area contributed by atoms with Gasteiger partial charge in [0.05, 0.1) is 24.3 Å². The fraction of sp³-hybridized carbons (Fsp3) is 0.385. The van der Waals surface area contributed by atoms with E-state index in [4.69, 9.17) is 37.9 Å². The van der Waals surface area contributed by atoms with Crippen molar-refractivity contribution in [3.05, 3.63) is 117 Å². The molecule has 3 atom stereocenters. The zero-order valence-corrected chi connectivity index (χ0v) is 31.2. The van der Waals surface area contributed by atoms with Crippen LogP contribution in [0, 0.1) is 0 Å². The van der Waals surface area contributed by atoms with Crippen LogP contribution in [0.5, 0.6) is 5.75 Å². The molecule has 1 saturated heterocycles. The molecule has 2 aromatic carbocycles. The minimum atomic E-state index is -0.948. The maximum Gasteiger partial charge on any atom is 0.272 e. The van der Waals surface area contributed by atoms with E-state index in [1.54, 1.807) is 4.90 Å². The molecule has 0 saturated carbocycles. The van der Waals surface area contributed by atoms with Crippen LogP contribution in [0.15, 0.2) is 84.1 Å². The van der Waals surface area contributed by atoms with Gasteiger partial charge in [0.1, 0.15) is 29.0 Å². The van der Waals surface area contributed by atoms with Crippen molar-refractivity contribution < 1.29 is 14.3 Å². The molecule has 2 aliphatic heterocycles. The van der Waals surface area contributed by atoms with Gasteiger partial charge in [-0.25, -0.2) is 0 Å². The van der Waals surface area contributed by atoms with Gasteiger partial charge in [0.2, 0.25) is 6.41 Å². The lowest BCUT2D eigenvalue weighted by Gasteiger charge is -2.54. The molecule has 2 aromatic heterocycles. The molecule has 0 spiro atoms. The summed E-state index contributed by atoms with van der Waals surface area (Å²) in [6.07, 6.45) is 3.91. The van der Waals surface area contributed by atoms with E-state index in [0.717, 1.165) is 23.2 Å². The van der Waals surface area contributed by atoms with E-state index in [2.05, 4.69) is 39.5 Å². The van der Waals surface area contributed by atoms with Crippen molar-refractivity contribution in [2.75, 3.05) is 26.2 Å². The van der Waals surface area contributed by atoms with Gasteiger partial charge >= 0.3 is 0 Å². The number of ether oxygens (including phenoxy) is 1. The Labute approximate surface area is 304 Å². The Morgan fingerprint density at radius 1 is 1.00 bits per heavy atom. The number of carbonyl (C=O) groups is 2. The summed E-state index contributed by atoms with van der Waals surface area (Å²) in [4.78, 5) is 43.4. The number of benzene rings is 2. The number of pyridine rings is 1. The highest BCUT2D eigenvalue weighted by Gasteiger charge is 2.60. The molecular formula is C39H44Cl2N6O3. The van der Waals surface area contributed by atoms with E-state index in [-0.39, 0.29) is 17.9 Å². The summed E-state index contributed by atoms with van der Waals surface area (Å²) in [6.45, 7) is 13.9. The van der Waals surface area contributed by atoms with Crippen LogP contribution >= 0.6 is 23.2 Å². The summed E-state index contributed by atoms with van der Waals surface area (Å²) >= 11 is 12.9. The lowest BCUT2D eigenvalue weighted by atomic mass is 9.70. The number of amides is 2. The van der Waals surface area contributed by atoms with Gasteiger partial charge in [0.25, 0.3) is 5.91 Å². The summed E-state index contributed by atoms with van der Waals surface area (Å²) in [7, 11) is 1.86. The van der Waals surface area contributed by atoms with Crippen molar-refractivity contribution in [1.29, 1.82) is 0 Å². The standard InChI is InChI=1S/C39H44Cl2N6O3/c1-8-50-32-22-33(37(2,3)4)42-23-30(32)35-43-38(5,26-11-15-28(40)16-12-26)39(6,27-13-17-29(41)18-14-27)47(35)34-24-45(25-48)20-21-46(34)36(49)31-10-9-19-44(31)7/h9-19,22-23,25,34H,8,20-21,24H2,1-7H3/t34-,38-,39?/m0/s1. The van der Waals surface area contributed by atoms with E-state index >= 15 is 0 Å². The Hall–Kier alpha value is -4.34. The number of piperazine rings is 1. The van der Waals surface area contributed by atoms with Crippen LogP contribution in [-0.2, 0) is 28.3 Å². The molecule has 0 radical (unpaired) electrons. The molecule has 1 unspecified atom stereocenters. The smallest absolute Gasteiger partial charge is 0.272 e. The maximum atomic E-state index is 14.5. The minimum Gasteiger partial charge on any atom is -0.493 e. The van der Waals surface area contributed by atoms with Gasteiger partial charge in [0, 0.05) is 59.8 Å². The Bertz CT molecular complexity index is 1920. The first-order chi connectivity index (χ1) is 23.7. The number of carbonyl (C=O) groups excluding carboxylic acids is 2. The van der Waals surface area contributed by atoms with Crippen molar-refractivity contribution in [2.24, 2.45) is 12.0 Å². The van der Waals surface area contributed by atoms with Crippen LogP contribution in [0.4, 0.5) is 0 Å². The summed E-state index contributed by atoms with van der Waals surface area (Å²) in [6, 6.07) is 21.2. The normalized spacial score (nSPS) is 22.5. The third-order valence-corrected chi connectivity index (χ3v) is 10.7. The maximum absolute atomic E-state index is 14.5. The Morgan fingerprint density at radius 2 is 1.64 bits per heavy atom. The molecule has 2 aliphatic rings. The van der Waals surface area contributed by atoms with Crippen molar-refractivity contribution in [3.63, 3.8) is 0 Å². The number of halogens is 2. The number of aryl methyl sites for hydroxylation is 1. The van der Waals surface area contributed by atoms with Crippen LogP contribution in [0.25, 0.3) is 0 Å². The number of aliphatic imine (C=N–C) groups is 1. The zero-order valence-electron chi connectivity index (χ0n) is 29.7. The zero-order chi connectivity index (χ0) is 36.0. The summed E-state index contributed by atoms with van der Waals surface area (Å²) in [5, 5.41) is 1.21. The third kappa shape index (κ3) is 6.04. The lowest BCUT2D eigenvalue weighted by molar-refractivity contribution is -0.123. The average Bonchev–Trinajstić information content (AvgIpc) is 3.63. The molecule has 11 heteroatoms. The van der Waals surface area contributed by atoms with Gasteiger partial charge in [-0.05, 0) is 68.3 Å². The molecule has 6 rings (SSSR count). The second-order valence-electron chi connectivity index (χ2n) is 14.3. The summed E-state index contributed by atoms with van der Waals surface area (Å²) in [5.41, 5.74) is 1.82. The molecule has 50 heavy (non-hydrogen) atoms. The van der Waals surface area contributed by atoms with Gasteiger partial charge in [-0.15, -0.1) is 0 Å². The van der Waals surface area contributed by atoms with Gasteiger partial charge in [0.15, 0.2) is 0 Å². The first-order valence-electron chi connectivity index (χ1n) is 16.9. The Morgan fingerprint density at radius 3 is 2.20 bits per heavy atom. The van der Waals surface area contributed by atoms with E-state index in [0.29, 0.717) is 52.6 Å². The van der Waals surface area contributed by atoms with E-state index < -0.39 is 17.2 Å². The SMILES string of the molecule is CCOc1cc(C(C)(C)C)ncc1C1=N[C@@](C)(c2ccc(Cl)cc2)C(C)(c2ccc(Cl)cc2)N1[C@H]1CN(C=O)CCN1C(=O)c1cccn1C. The molecule has 0 N–H and O–H groups in total. The fourth-order valence-electron chi connectivity index (χ4n) is 7.22. The van der Waals surface area contributed by atoms with Gasteiger partial charge in [-0.1, -0.05) is 68.2 Å². The van der Waals surface area contributed by atoms with Crippen LogP contribution < -0.4 is 4.74 Å². The highest BCUT2D eigenvalue weighted by atomic mass is 35.5. The van der Waals surface area contributed by atoms with Gasteiger partial charge in [-0.2, -0.15) is 0 Å². The average molecular weight is 716 g/mol. The first-order valence-corrected chi connectivity index (χ1v) is 17.6. The Balaban J connectivity index is 1.67. The van der Waals surface area contributed by atoms with Crippen LogP contribution in [0.2, 0.25) is 10.0 Å². The Kier molecular flexibility index (Phi) is 9.52. The largest absolute Gasteiger partial charge is 0.493 e. The minimum absolute atomic E-state index is 0.141. The topological polar surface area (TPSA) is 83.3 Å². The van der Waals surface area contributed by atoms with Gasteiger partial charge in [-0.3, -0.25) is 19.6 Å². The predicted molar refractivity (Wildman–Crippen MR) is 198 cm³/mol. The highest BCUT2D eigenvalue weighted by molar-refractivity contribution is 6.30.